The van der Waals surface area contributed by atoms with E-state index in [4.69, 9.17) is 4.98 Å². The minimum atomic E-state index is -0.0366. The maximum absolute atomic E-state index is 12.8. The number of nitrogens with zero attached hydrogens (tertiary/aromatic N) is 4. The van der Waals surface area contributed by atoms with Gasteiger partial charge in [-0.1, -0.05) is 30.3 Å². The van der Waals surface area contributed by atoms with Crippen LogP contribution in [0.25, 0.3) is 16.6 Å². The Labute approximate surface area is 175 Å². The molecule has 1 aliphatic heterocycles. The summed E-state index contributed by atoms with van der Waals surface area (Å²) in [6.07, 6.45) is 2.99. The van der Waals surface area contributed by atoms with Crippen LogP contribution in [0, 0.1) is 6.92 Å². The Balaban J connectivity index is 1.37. The summed E-state index contributed by atoms with van der Waals surface area (Å²) in [6, 6.07) is 20.2. The van der Waals surface area contributed by atoms with Crippen LogP contribution in [0.2, 0.25) is 0 Å². The lowest BCUT2D eigenvalue weighted by molar-refractivity contribution is 0.215. The highest BCUT2D eigenvalue weighted by Crippen LogP contribution is 2.26. The Morgan fingerprint density at radius 1 is 0.900 bits per heavy atom. The van der Waals surface area contributed by atoms with Crippen LogP contribution in [0.5, 0.6) is 0 Å². The van der Waals surface area contributed by atoms with E-state index in [0.717, 1.165) is 59.7 Å². The number of fused-ring (bicyclic) bond motifs is 3. The molecule has 0 atom stereocenters. The van der Waals surface area contributed by atoms with E-state index in [9.17, 15) is 4.79 Å². The third-order valence-corrected chi connectivity index (χ3v) is 5.81. The predicted octanol–water partition coefficient (Wildman–Crippen LogP) is 4.54. The van der Waals surface area contributed by atoms with Crippen LogP contribution in [0.4, 0.5) is 16.3 Å². The topological polar surface area (TPSA) is 52.9 Å². The zero-order valence-corrected chi connectivity index (χ0v) is 17.1. The zero-order valence-electron chi connectivity index (χ0n) is 17.1. The second kappa shape index (κ2) is 7.71. The molecule has 0 unspecified atom stereocenters. The van der Waals surface area contributed by atoms with Crippen molar-refractivity contribution in [2.45, 2.75) is 13.3 Å². The molecule has 0 radical (unpaired) electrons. The van der Waals surface area contributed by atoms with Crippen molar-refractivity contribution in [1.29, 1.82) is 0 Å². The highest BCUT2D eigenvalue weighted by molar-refractivity contribution is 5.90. The highest BCUT2D eigenvalue weighted by atomic mass is 16.2. The molecule has 1 aliphatic rings. The standard InChI is InChI=1S/C24H25N5O/c1-18-8-2-3-9-19(18)26-24(30)28-14-7-13-27(16-17-28)23-22-12-6-15-29(22)21-11-5-4-10-20(21)25-23/h2-6,8-12,15H,7,13-14,16-17H2,1H3,(H,26,30). The number of anilines is 2. The summed E-state index contributed by atoms with van der Waals surface area (Å²) < 4.78 is 2.20. The number of aryl methyl sites for hydroxylation is 1. The first-order valence-electron chi connectivity index (χ1n) is 10.4. The van der Waals surface area contributed by atoms with Gasteiger partial charge in [0.15, 0.2) is 5.82 Å². The number of carbonyl (C=O) groups is 1. The van der Waals surface area contributed by atoms with Gasteiger partial charge in [-0.15, -0.1) is 0 Å². The van der Waals surface area contributed by atoms with Crippen LogP contribution in [0.3, 0.4) is 0 Å². The molecule has 2 aromatic carbocycles. The molecule has 30 heavy (non-hydrogen) atoms. The van der Waals surface area contributed by atoms with Gasteiger partial charge in [0.1, 0.15) is 0 Å². The number of urea groups is 1. The van der Waals surface area contributed by atoms with E-state index in [1.54, 1.807) is 0 Å². The van der Waals surface area contributed by atoms with Crippen molar-refractivity contribution in [3.05, 3.63) is 72.4 Å². The lowest BCUT2D eigenvalue weighted by Gasteiger charge is -2.24. The van der Waals surface area contributed by atoms with E-state index in [-0.39, 0.29) is 6.03 Å². The number of hydrogen-bond acceptors (Lipinski definition) is 3. The van der Waals surface area contributed by atoms with Crippen LogP contribution in [-0.4, -0.2) is 46.5 Å². The number of para-hydroxylation sites is 3. The molecule has 0 saturated carbocycles. The van der Waals surface area contributed by atoms with E-state index >= 15 is 0 Å². The normalized spacial score (nSPS) is 14.8. The Bertz CT molecular complexity index is 1210. The van der Waals surface area contributed by atoms with Crippen molar-refractivity contribution in [2.75, 3.05) is 36.4 Å². The molecule has 1 fully saturated rings. The molecule has 152 valence electrons. The van der Waals surface area contributed by atoms with Gasteiger partial charge in [0, 0.05) is 38.1 Å². The molecule has 1 N–H and O–H groups in total. The quantitative estimate of drug-likeness (QED) is 0.538. The van der Waals surface area contributed by atoms with E-state index < -0.39 is 0 Å². The van der Waals surface area contributed by atoms with Gasteiger partial charge in [0.2, 0.25) is 0 Å². The molecule has 2 amide bonds. The van der Waals surface area contributed by atoms with Crippen LogP contribution >= 0.6 is 0 Å². The minimum absolute atomic E-state index is 0.0366. The SMILES string of the molecule is Cc1ccccc1NC(=O)N1CCCN(c2nc3ccccc3n3cccc23)CC1. The van der Waals surface area contributed by atoms with Gasteiger partial charge >= 0.3 is 6.03 Å². The van der Waals surface area contributed by atoms with Gasteiger partial charge in [-0.25, -0.2) is 9.78 Å². The van der Waals surface area contributed by atoms with Crippen molar-refractivity contribution in [1.82, 2.24) is 14.3 Å². The summed E-state index contributed by atoms with van der Waals surface area (Å²) in [5, 5.41) is 3.06. The number of carbonyl (C=O) groups excluding carboxylic acids is 1. The molecule has 6 nitrogen and oxygen atoms in total. The van der Waals surface area contributed by atoms with E-state index in [1.165, 1.54) is 0 Å². The van der Waals surface area contributed by atoms with Crippen LogP contribution in [-0.2, 0) is 0 Å². The first-order chi connectivity index (χ1) is 14.7. The van der Waals surface area contributed by atoms with E-state index in [0.29, 0.717) is 6.54 Å². The summed E-state index contributed by atoms with van der Waals surface area (Å²) in [5.74, 6) is 0.986. The molecule has 2 aromatic heterocycles. The summed E-state index contributed by atoms with van der Waals surface area (Å²) in [4.78, 5) is 22.0. The highest BCUT2D eigenvalue weighted by Gasteiger charge is 2.22. The van der Waals surface area contributed by atoms with Crippen LogP contribution in [0.1, 0.15) is 12.0 Å². The minimum Gasteiger partial charge on any atom is -0.353 e. The fraction of sp³-hybridized carbons (Fsp3) is 0.250. The van der Waals surface area contributed by atoms with Crippen molar-refractivity contribution in [3.8, 4) is 0 Å². The average Bonchev–Trinajstić information content (AvgIpc) is 3.13. The largest absolute Gasteiger partial charge is 0.353 e. The summed E-state index contributed by atoms with van der Waals surface area (Å²) >= 11 is 0. The first kappa shape index (κ1) is 18.5. The van der Waals surface area contributed by atoms with Crippen LogP contribution < -0.4 is 10.2 Å². The van der Waals surface area contributed by atoms with Crippen molar-refractivity contribution in [2.24, 2.45) is 0 Å². The summed E-state index contributed by atoms with van der Waals surface area (Å²) in [7, 11) is 0. The molecule has 5 rings (SSSR count). The lowest BCUT2D eigenvalue weighted by atomic mass is 10.2. The third kappa shape index (κ3) is 3.34. The average molecular weight is 399 g/mol. The number of hydrogen-bond donors (Lipinski definition) is 1. The molecule has 3 heterocycles. The Kier molecular flexibility index (Phi) is 4.75. The van der Waals surface area contributed by atoms with E-state index in [2.05, 4.69) is 45.1 Å². The Morgan fingerprint density at radius 3 is 2.60 bits per heavy atom. The molecule has 0 aliphatic carbocycles. The molecule has 0 spiro atoms. The van der Waals surface area contributed by atoms with Gasteiger partial charge in [0.25, 0.3) is 0 Å². The fourth-order valence-electron chi connectivity index (χ4n) is 4.18. The van der Waals surface area contributed by atoms with Gasteiger partial charge in [-0.3, -0.25) is 0 Å². The Morgan fingerprint density at radius 2 is 1.70 bits per heavy atom. The number of aromatic nitrogens is 2. The molecular formula is C24H25N5O. The molecule has 6 heteroatoms. The van der Waals surface area contributed by atoms with Gasteiger partial charge in [-0.05, 0) is 49.2 Å². The number of amides is 2. The maximum Gasteiger partial charge on any atom is 0.321 e. The van der Waals surface area contributed by atoms with Gasteiger partial charge in [0.05, 0.1) is 16.6 Å². The van der Waals surface area contributed by atoms with Crippen molar-refractivity contribution >= 4 is 34.1 Å². The third-order valence-electron chi connectivity index (χ3n) is 5.81. The van der Waals surface area contributed by atoms with Gasteiger partial charge < -0.3 is 19.5 Å². The number of nitrogens with one attached hydrogen (secondary N) is 1. The Hall–Kier alpha value is -3.54. The smallest absolute Gasteiger partial charge is 0.321 e. The van der Waals surface area contributed by atoms with E-state index in [1.807, 2.05) is 48.2 Å². The first-order valence-corrected chi connectivity index (χ1v) is 10.4. The summed E-state index contributed by atoms with van der Waals surface area (Å²) in [6.45, 7) is 5.04. The number of benzene rings is 2. The van der Waals surface area contributed by atoms with Crippen molar-refractivity contribution in [3.63, 3.8) is 0 Å². The predicted molar refractivity (Wildman–Crippen MR) is 121 cm³/mol. The van der Waals surface area contributed by atoms with Crippen molar-refractivity contribution < 1.29 is 4.79 Å². The molecule has 0 bridgehead atoms. The lowest BCUT2D eigenvalue weighted by Crippen LogP contribution is -2.38. The van der Waals surface area contributed by atoms with Gasteiger partial charge in [-0.2, -0.15) is 0 Å². The fourth-order valence-corrected chi connectivity index (χ4v) is 4.18. The molecule has 4 aromatic rings. The summed E-state index contributed by atoms with van der Waals surface area (Å²) in [5.41, 5.74) is 5.13. The zero-order chi connectivity index (χ0) is 20.5. The number of rotatable bonds is 2. The molecule has 1 saturated heterocycles. The second-order valence-corrected chi connectivity index (χ2v) is 7.76. The second-order valence-electron chi connectivity index (χ2n) is 7.76. The maximum atomic E-state index is 12.8. The van der Waals surface area contributed by atoms with Crippen LogP contribution in [0.15, 0.2) is 66.9 Å². The molecular weight excluding hydrogens is 374 g/mol. The monoisotopic (exact) mass is 399 g/mol.